The highest BCUT2D eigenvalue weighted by Crippen LogP contribution is 2.20. The molecular formula is C13H11ClN2O4S. The molecule has 0 atom stereocenters. The van der Waals surface area contributed by atoms with Gasteiger partial charge in [0.1, 0.15) is 11.5 Å². The minimum Gasteiger partial charge on any atom is -0.508 e. The fraction of sp³-hybridized carbons (Fsp3) is 0. The second kappa shape index (κ2) is 6.02. The van der Waals surface area contributed by atoms with E-state index in [9.17, 15) is 13.5 Å². The average molecular weight is 327 g/mol. The lowest BCUT2D eigenvalue weighted by Gasteiger charge is -2.03. The van der Waals surface area contributed by atoms with Gasteiger partial charge in [0, 0.05) is 16.7 Å². The zero-order valence-electron chi connectivity index (χ0n) is 10.6. The van der Waals surface area contributed by atoms with Crippen LogP contribution in [0.25, 0.3) is 0 Å². The first-order chi connectivity index (χ1) is 9.88. The van der Waals surface area contributed by atoms with Crippen molar-refractivity contribution in [2.24, 2.45) is 5.10 Å². The van der Waals surface area contributed by atoms with Crippen LogP contribution in [-0.2, 0) is 10.0 Å². The number of nitrogens with zero attached hydrogens (tertiary/aromatic N) is 1. The molecule has 110 valence electrons. The van der Waals surface area contributed by atoms with E-state index in [1.54, 1.807) is 0 Å². The molecule has 8 heteroatoms. The van der Waals surface area contributed by atoms with Crippen LogP contribution in [-0.4, -0.2) is 24.8 Å². The van der Waals surface area contributed by atoms with Gasteiger partial charge in [-0.25, -0.2) is 4.83 Å². The van der Waals surface area contributed by atoms with Gasteiger partial charge in [-0.1, -0.05) is 11.6 Å². The van der Waals surface area contributed by atoms with Crippen molar-refractivity contribution in [3.63, 3.8) is 0 Å². The Balaban J connectivity index is 2.14. The maximum Gasteiger partial charge on any atom is 0.276 e. The minimum atomic E-state index is -3.81. The molecule has 0 aliphatic carbocycles. The number of aromatic hydroxyl groups is 2. The maximum absolute atomic E-state index is 11.9. The van der Waals surface area contributed by atoms with Crippen molar-refractivity contribution in [3.8, 4) is 11.5 Å². The molecule has 0 heterocycles. The van der Waals surface area contributed by atoms with E-state index in [1.807, 2.05) is 4.83 Å². The molecule has 2 aromatic rings. The number of hydrogen-bond acceptors (Lipinski definition) is 5. The predicted octanol–water partition coefficient (Wildman–Crippen LogP) is 2.06. The number of benzene rings is 2. The second-order valence-electron chi connectivity index (χ2n) is 4.05. The Morgan fingerprint density at radius 3 is 2.38 bits per heavy atom. The average Bonchev–Trinajstić information content (AvgIpc) is 2.41. The SMILES string of the molecule is O=S(=O)(N/N=C\c1ccc(O)cc1O)c1ccc(Cl)cc1. The normalized spacial score (nSPS) is 11.7. The molecule has 0 bridgehead atoms. The van der Waals surface area contributed by atoms with Crippen LogP contribution in [0.3, 0.4) is 0 Å². The second-order valence-corrected chi connectivity index (χ2v) is 6.15. The maximum atomic E-state index is 11.9. The molecule has 0 saturated carbocycles. The number of nitrogens with one attached hydrogen (secondary N) is 1. The highest BCUT2D eigenvalue weighted by molar-refractivity contribution is 7.89. The van der Waals surface area contributed by atoms with Gasteiger partial charge in [0.15, 0.2) is 0 Å². The summed E-state index contributed by atoms with van der Waals surface area (Å²) in [7, 11) is -3.81. The number of halogens is 1. The van der Waals surface area contributed by atoms with Gasteiger partial charge in [-0.15, -0.1) is 0 Å². The Kier molecular flexibility index (Phi) is 4.35. The third kappa shape index (κ3) is 3.87. The van der Waals surface area contributed by atoms with Crippen molar-refractivity contribution in [2.75, 3.05) is 0 Å². The Hall–Kier alpha value is -2.25. The summed E-state index contributed by atoms with van der Waals surface area (Å²) in [5.41, 5.74) is 0.256. The van der Waals surface area contributed by atoms with E-state index < -0.39 is 10.0 Å². The van der Waals surface area contributed by atoms with Crippen LogP contribution in [0.1, 0.15) is 5.56 Å². The summed E-state index contributed by atoms with van der Waals surface area (Å²) in [4.78, 5) is 2.02. The number of phenolic OH excluding ortho intramolecular Hbond substituents is 2. The Morgan fingerprint density at radius 1 is 1.10 bits per heavy atom. The topological polar surface area (TPSA) is 99.0 Å². The molecule has 0 radical (unpaired) electrons. The first-order valence-electron chi connectivity index (χ1n) is 5.71. The molecule has 6 nitrogen and oxygen atoms in total. The summed E-state index contributed by atoms with van der Waals surface area (Å²) in [6, 6.07) is 9.45. The lowest BCUT2D eigenvalue weighted by atomic mass is 10.2. The van der Waals surface area contributed by atoms with E-state index in [0.717, 1.165) is 12.3 Å². The standard InChI is InChI=1S/C13H11ClN2O4S/c14-10-2-5-12(6-3-10)21(19,20)16-15-8-9-1-4-11(17)7-13(9)18/h1-8,16-18H/b15-8-. The van der Waals surface area contributed by atoms with Gasteiger partial charge < -0.3 is 10.2 Å². The summed E-state index contributed by atoms with van der Waals surface area (Å²) in [6.07, 6.45) is 1.13. The van der Waals surface area contributed by atoms with Gasteiger partial charge in [0.05, 0.1) is 11.1 Å². The molecule has 2 rings (SSSR count). The van der Waals surface area contributed by atoms with Crippen LogP contribution in [0.2, 0.25) is 5.02 Å². The van der Waals surface area contributed by atoms with E-state index in [-0.39, 0.29) is 22.0 Å². The molecule has 3 N–H and O–H groups in total. The number of hydrogen-bond donors (Lipinski definition) is 3. The van der Waals surface area contributed by atoms with Gasteiger partial charge in [0.2, 0.25) is 0 Å². The van der Waals surface area contributed by atoms with Crippen molar-refractivity contribution in [2.45, 2.75) is 4.90 Å². The van der Waals surface area contributed by atoms with E-state index in [1.165, 1.54) is 36.4 Å². The van der Waals surface area contributed by atoms with Crippen molar-refractivity contribution >= 4 is 27.8 Å². The molecule has 0 aromatic heterocycles. The highest BCUT2D eigenvalue weighted by atomic mass is 35.5. The van der Waals surface area contributed by atoms with Gasteiger partial charge in [0.25, 0.3) is 10.0 Å². The molecular weight excluding hydrogens is 316 g/mol. The van der Waals surface area contributed by atoms with Crippen molar-refractivity contribution in [3.05, 3.63) is 53.1 Å². The van der Waals surface area contributed by atoms with Crippen LogP contribution in [0.15, 0.2) is 52.5 Å². The Bertz CT molecular complexity index is 773. The quantitative estimate of drug-likeness (QED) is 0.591. The number of hydrazone groups is 1. The van der Waals surface area contributed by atoms with Crippen molar-refractivity contribution in [1.29, 1.82) is 0 Å². The molecule has 0 spiro atoms. The zero-order valence-corrected chi connectivity index (χ0v) is 12.1. The van der Waals surface area contributed by atoms with Gasteiger partial charge >= 0.3 is 0 Å². The smallest absolute Gasteiger partial charge is 0.276 e. The summed E-state index contributed by atoms with van der Waals surface area (Å²) in [6.45, 7) is 0. The number of phenols is 2. The summed E-state index contributed by atoms with van der Waals surface area (Å²) >= 11 is 5.68. The van der Waals surface area contributed by atoms with E-state index in [4.69, 9.17) is 16.7 Å². The molecule has 0 unspecified atom stereocenters. The number of sulfonamides is 1. The first-order valence-corrected chi connectivity index (χ1v) is 7.57. The zero-order chi connectivity index (χ0) is 15.5. The fourth-order valence-electron chi connectivity index (χ4n) is 1.47. The molecule has 0 aliphatic rings. The van der Waals surface area contributed by atoms with Crippen LogP contribution in [0.5, 0.6) is 11.5 Å². The van der Waals surface area contributed by atoms with Crippen molar-refractivity contribution < 1.29 is 18.6 Å². The van der Waals surface area contributed by atoms with E-state index >= 15 is 0 Å². The van der Waals surface area contributed by atoms with Crippen LogP contribution in [0, 0.1) is 0 Å². The fourth-order valence-corrected chi connectivity index (χ4v) is 2.39. The first kappa shape index (κ1) is 15.1. The lowest BCUT2D eigenvalue weighted by molar-refractivity contribution is 0.450. The molecule has 2 aromatic carbocycles. The monoisotopic (exact) mass is 326 g/mol. The van der Waals surface area contributed by atoms with Crippen molar-refractivity contribution in [1.82, 2.24) is 4.83 Å². The summed E-state index contributed by atoms with van der Waals surface area (Å²) < 4.78 is 23.8. The molecule has 0 saturated heterocycles. The van der Waals surface area contributed by atoms with Gasteiger partial charge in [-0.2, -0.15) is 13.5 Å². The van der Waals surface area contributed by atoms with E-state index in [0.29, 0.717) is 5.02 Å². The minimum absolute atomic E-state index is 0.0129. The largest absolute Gasteiger partial charge is 0.508 e. The predicted molar refractivity (Wildman–Crippen MR) is 79.1 cm³/mol. The molecule has 0 fully saturated rings. The summed E-state index contributed by atoms with van der Waals surface area (Å²) in [5, 5.41) is 22.6. The van der Waals surface area contributed by atoms with Crippen LogP contribution in [0.4, 0.5) is 0 Å². The van der Waals surface area contributed by atoms with E-state index in [2.05, 4.69) is 5.10 Å². The molecule has 0 amide bonds. The lowest BCUT2D eigenvalue weighted by Crippen LogP contribution is -2.18. The third-order valence-electron chi connectivity index (χ3n) is 2.51. The number of rotatable bonds is 4. The van der Waals surface area contributed by atoms with Gasteiger partial charge in [-0.3, -0.25) is 0 Å². The Labute approximate surface area is 126 Å². The van der Waals surface area contributed by atoms with Crippen LogP contribution < -0.4 is 4.83 Å². The molecule has 21 heavy (non-hydrogen) atoms. The Morgan fingerprint density at radius 2 is 1.76 bits per heavy atom. The van der Waals surface area contributed by atoms with Gasteiger partial charge in [-0.05, 0) is 36.4 Å². The molecule has 0 aliphatic heterocycles. The highest BCUT2D eigenvalue weighted by Gasteiger charge is 2.12. The summed E-state index contributed by atoms with van der Waals surface area (Å²) in [5.74, 6) is -0.323. The third-order valence-corrected chi connectivity index (χ3v) is 4.00. The van der Waals surface area contributed by atoms with Crippen LogP contribution >= 0.6 is 11.6 Å².